The number of likely N-dealkylation sites (N-methyl/N-ethyl adjacent to an activating group) is 1. The van der Waals surface area contributed by atoms with Crippen molar-refractivity contribution in [3.05, 3.63) is 41.7 Å². The first-order valence-electron chi connectivity index (χ1n) is 6.40. The minimum absolute atomic E-state index is 0.256. The topological polar surface area (TPSA) is 29.5 Å². The molecule has 0 aliphatic carbocycles. The zero-order valence-corrected chi connectivity index (χ0v) is 11.6. The van der Waals surface area contributed by atoms with E-state index in [9.17, 15) is 9.18 Å². The summed E-state index contributed by atoms with van der Waals surface area (Å²) in [5.74, 6) is -0.582. The fraction of sp³-hybridized carbons (Fsp3) is 0.400. The molecule has 0 heterocycles. The van der Waals surface area contributed by atoms with E-state index >= 15 is 0 Å². The summed E-state index contributed by atoms with van der Waals surface area (Å²) in [4.78, 5) is 13.3. The summed E-state index contributed by atoms with van der Waals surface area (Å²) >= 11 is 0. The van der Waals surface area contributed by atoms with Gasteiger partial charge in [0.25, 0.3) is 0 Å². The Bertz CT molecular complexity index is 457. The van der Waals surface area contributed by atoms with Crippen LogP contribution in [0.25, 0.3) is 0 Å². The van der Waals surface area contributed by atoms with E-state index in [-0.39, 0.29) is 11.8 Å². The third-order valence-electron chi connectivity index (χ3n) is 2.96. The van der Waals surface area contributed by atoms with Crippen LogP contribution in [0.5, 0.6) is 0 Å². The van der Waals surface area contributed by atoms with Crippen LogP contribution in [0, 0.1) is 5.82 Å². The van der Waals surface area contributed by atoms with Crippen molar-refractivity contribution in [1.82, 2.24) is 0 Å². The summed E-state index contributed by atoms with van der Waals surface area (Å²) in [5, 5.41) is 0. The molecule has 0 amide bonds. The Hall–Kier alpha value is -1.84. The lowest BCUT2D eigenvalue weighted by Gasteiger charge is -2.22. The third-order valence-corrected chi connectivity index (χ3v) is 2.96. The van der Waals surface area contributed by atoms with E-state index in [1.165, 1.54) is 13.2 Å². The Kier molecular flexibility index (Phi) is 6.06. The van der Waals surface area contributed by atoms with E-state index in [4.69, 9.17) is 4.74 Å². The summed E-state index contributed by atoms with van der Waals surface area (Å²) in [6, 6.07) is 6.62. The quantitative estimate of drug-likeness (QED) is 0.584. The van der Waals surface area contributed by atoms with E-state index < -0.39 is 0 Å². The first-order valence-corrected chi connectivity index (χ1v) is 6.40. The first-order chi connectivity index (χ1) is 9.13. The van der Waals surface area contributed by atoms with Crippen LogP contribution in [0.2, 0.25) is 0 Å². The number of methoxy groups -OCH3 is 1. The van der Waals surface area contributed by atoms with Gasteiger partial charge in [-0.3, -0.25) is 0 Å². The number of rotatable bonds is 6. The van der Waals surface area contributed by atoms with Gasteiger partial charge in [0, 0.05) is 18.7 Å². The highest BCUT2D eigenvalue weighted by Gasteiger charge is 2.10. The molecule has 0 saturated carbocycles. The number of ether oxygens (including phenoxy) is 1. The summed E-state index contributed by atoms with van der Waals surface area (Å²) < 4.78 is 18.4. The van der Waals surface area contributed by atoms with Gasteiger partial charge >= 0.3 is 5.97 Å². The largest absolute Gasteiger partial charge is 0.466 e. The second-order valence-electron chi connectivity index (χ2n) is 4.06. The molecule has 0 aromatic heterocycles. The number of esters is 1. The number of para-hydroxylation sites is 1. The predicted octanol–water partition coefficient (Wildman–Crippen LogP) is 3.16. The molecule has 0 fully saturated rings. The van der Waals surface area contributed by atoms with Crippen molar-refractivity contribution in [2.24, 2.45) is 0 Å². The summed E-state index contributed by atoms with van der Waals surface area (Å²) in [7, 11) is 1.36. The van der Waals surface area contributed by atoms with Crippen LogP contribution in [0.15, 0.2) is 35.9 Å². The van der Waals surface area contributed by atoms with E-state index in [2.05, 4.69) is 0 Å². The Morgan fingerprint density at radius 2 is 2.05 bits per heavy atom. The van der Waals surface area contributed by atoms with Crippen LogP contribution < -0.4 is 4.90 Å². The van der Waals surface area contributed by atoms with Gasteiger partial charge in [-0.2, -0.15) is 0 Å². The van der Waals surface area contributed by atoms with E-state index in [0.29, 0.717) is 30.8 Å². The van der Waals surface area contributed by atoms with Crippen LogP contribution >= 0.6 is 0 Å². The number of halogens is 1. The summed E-state index contributed by atoms with van der Waals surface area (Å²) in [6.45, 7) is 4.98. The predicted molar refractivity (Wildman–Crippen MR) is 74.7 cm³/mol. The smallest absolute Gasteiger partial charge is 0.333 e. The molecule has 0 spiro atoms. The van der Waals surface area contributed by atoms with Crippen molar-refractivity contribution in [2.75, 3.05) is 25.1 Å². The lowest BCUT2D eigenvalue weighted by atomic mass is 10.2. The molecule has 0 bridgehead atoms. The molecule has 0 N–H and O–H groups in total. The van der Waals surface area contributed by atoms with Crippen molar-refractivity contribution in [3.63, 3.8) is 0 Å². The Morgan fingerprint density at radius 1 is 1.37 bits per heavy atom. The fourth-order valence-corrected chi connectivity index (χ4v) is 1.83. The van der Waals surface area contributed by atoms with Gasteiger partial charge in [-0.05, 0) is 25.5 Å². The van der Waals surface area contributed by atoms with E-state index in [1.54, 1.807) is 24.3 Å². The molecule has 0 atom stereocenters. The molecular formula is C15H20FNO2. The molecule has 1 rings (SSSR count). The highest BCUT2D eigenvalue weighted by Crippen LogP contribution is 2.18. The van der Waals surface area contributed by atoms with Crippen LogP contribution in [0.4, 0.5) is 10.1 Å². The van der Waals surface area contributed by atoms with Crippen molar-refractivity contribution >= 4 is 11.7 Å². The van der Waals surface area contributed by atoms with Crippen molar-refractivity contribution in [1.29, 1.82) is 0 Å². The standard InChI is InChI=1S/C15H20FNO2/c1-4-12(15(18)19-3)10-11-17(5-2)14-9-7-6-8-13(14)16/h6-10H,4-5,11H2,1-3H3. The Labute approximate surface area is 113 Å². The van der Waals surface area contributed by atoms with Crippen molar-refractivity contribution in [3.8, 4) is 0 Å². The molecule has 104 valence electrons. The highest BCUT2D eigenvalue weighted by atomic mass is 19.1. The average molecular weight is 265 g/mol. The third kappa shape index (κ3) is 4.09. The second kappa shape index (κ2) is 7.56. The van der Waals surface area contributed by atoms with Gasteiger partial charge in [0.05, 0.1) is 12.8 Å². The number of nitrogens with zero attached hydrogens (tertiary/aromatic N) is 1. The Balaban J connectivity index is 2.86. The van der Waals surface area contributed by atoms with Gasteiger partial charge in [-0.25, -0.2) is 9.18 Å². The zero-order chi connectivity index (χ0) is 14.3. The maximum atomic E-state index is 13.7. The van der Waals surface area contributed by atoms with Gasteiger partial charge < -0.3 is 9.64 Å². The zero-order valence-electron chi connectivity index (χ0n) is 11.6. The van der Waals surface area contributed by atoms with Gasteiger partial charge in [0.15, 0.2) is 0 Å². The van der Waals surface area contributed by atoms with E-state index in [1.807, 2.05) is 18.7 Å². The van der Waals surface area contributed by atoms with Crippen molar-refractivity contribution in [2.45, 2.75) is 20.3 Å². The number of benzene rings is 1. The number of carbonyl (C=O) groups is 1. The molecular weight excluding hydrogens is 245 g/mol. The molecule has 1 aromatic carbocycles. The molecule has 0 aliphatic heterocycles. The second-order valence-corrected chi connectivity index (χ2v) is 4.06. The molecule has 1 aromatic rings. The molecule has 4 heteroatoms. The SMILES string of the molecule is CCC(=CCN(CC)c1ccccc1F)C(=O)OC. The molecule has 19 heavy (non-hydrogen) atoms. The molecule has 0 radical (unpaired) electrons. The fourth-order valence-electron chi connectivity index (χ4n) is 1.83. The van der Waals surface area contributed by atoms with Gasteiger partial charge in [0.1, 0.15) is 5.82 Å². The molecule has 0 saturated heterocycles. The highest BCUT2D eigenvalue weighted by molar-refractivity contribution is 5.88. The molecule has 0 aliphatic rings. The number of hydrogen-bond donors (Lipinski definition) is 0. The maximum absolute atomic E-state index is 13.7. The van der Waals surface area contributed by atoms with Crippen LogP contribution in [0.3, 0.4) is 0 Å². The Morgan fingerprint density at radius 3 is 2.58 bits per heavy atom. The van der Waals surface area contributed by atoms with Gasteiger partial charge in [-0.1, -0.05) is 25.1 Å². The summed E-state index contributed by atoms with van der Waals surface area (Å²) in [6.07, 6.45) is 2.39. The number of anilines is 1. The lowest BCUT2D eigenvalue weighted by Crippen LogP contribution is -2.24. The normalized spacial score (nSPS) is 11.3. The lowest BCUT2D eigenvalue weighted by molar-refractivity contribution is -0.136. The van der Waals surface area contributed by atoms with Gasteiger partial charge in [-0.15, -0.1) is 0 Å². The molecule has 3 nitrogen and oxygen atoms in total. The number of hydrogen-bond acceptors (Lipinski definition) is 3. The number of carbonyl (C=O) groups excluding carboxylic acids is 1. The van der Waals surface area contributed by atoms with E-state index in [0.717, 1.165) is 0 Å². The van der Waals surface area contributed by atoms with Crippen molar-refractivity contribution < 1.29 is 13.9 Å². The minimum atomic E-state index is -0.327. The van der Waals surface area contributed by atoms with Crippen LogP contribution in [0.1, 0.15) is 20.3 Å². The monoisotopic (exact) mass is 265 g/mol. The average Bonchev–Trinajstić information content (AvgIpc) is 2.44. The van der Waals surface area contributed by atoms with Crippen LogP contribution in [-0.2, 0) is 9.53 Å². The first kappa shape index (κ1) is 15.2. The maximum Gasteiger partial charge on any atom is 0.333 e. The minimum Gasteiger partial charge on any atom is -0.466 e. The molecule has 0 unspecified atom stereocenters. The van der Waals surface area contributed by atoms with Gasteiger partial charge in [0.2, 0.25) is 0 Å². The van der Waals surface area contributed by atoms with Crippen LogP contribution in [-0.4, -0.2) is 26.2 Å². The summed E-state index contributed by atoms with van der Waals surface area (Å²) in [5.41, 5.74) is 1.15.